The minimum atomic E-state index is -0.521. The molecule has 84 valence electrons. The van der Waals surface area contributed by atoms with Crippen LogP contribution in [-0.4, -0.2) is 16.7 Å². The fraction of sp³-hybridized carbons (Fsp3) is 0.556. The minimum absolute atomic E-state index is 0.401. The Kier molecular flexibility index (Phi) is 3.57. The van der Waals surface area contributed by atoms with Crippen molar-refractivity contribution in [1.29, 1.82) is 0 Å². The Morgan fingerprint density at radius 1 is 1.53 bits per heavy atom. The lowest BCUT2D eigenvalue weighted by Gasteiger charge is -2.19. The molecule has 0 aliphatic heterocycles. The molecule has 1 heterocycles. The summed E-state index contributed by atoms with van der Waals surface area (Å²) in [5.74, 6) is 0.458. The van der Waals surface area contributed by atoms with Crippen LogP contribution in [0.4, 0.5) is 10.6 Å². The summed E-state index contributed by atoms with van der Waals surface area (Å²) in [4.78, 5) is 16.2. The number of hydrogen-bond acceptors (Lipinski definition) is 4. The maximum absolute atomic E-state index is 11.4. The molecule has 0 unspecified atom stereocenters. The number of aromatic nitrogens is 1. The van der Waals surface area contributed by atoms with Crippen molar-refractivity contribution in [3.63, 3.8) is 0 Å². The smallest absolute Gasteiger partial charge is 0.413 e. The van der Waals surface area contributed by atoms with E-state index in [-0.39, 0.29) is 0 Å². The molecular weight excluding hydrogens is 236 g/mol. The highest BCUT2D eigenvalue weighted by atomic mass is 35.5. The van der Waals surface area contributed by atoms with Gasteiger partial charge in [0.25, 0.3) is 0 Å². The van der Waals surface area contributed by atoms with Gasteiger partial charge in [-0.3, -0.25) is 5.32 Å². The first-order chi connectivity index (χ1) is 6.78. The fourth-order valence-electron chi connectivity index (χ4n) is 0.880. The van der Waals surface area contributed by atoms with Gasteiger partial charge < -0.3 is 4.74 Å². The minimum Gasteiger partial charge on any atom is -0.444 e. The molecule has 1 N–H and O–H groups in total. The van der Waals surface area contributed by atoms with Gasteiger partial charge in [0.2, 0.25) is 0 Å². The van der Waals surface area contributed by atoms with Crippen molar-refractivity contribution in [3.8, 4) is 0 Å². The van der Waals surface area contributed by atoms with Crippen molar-refractivity contribution < 1.29 is 9.53 Å². The molecule has 0 aromatic carbocycles. The molecular formula is C9H13ClN2O2S. The zero-order chi connectivity index (χ0) is 11.6. The van der Waals surface area contributed by atoms with Gasteiger partial charge in [0, 0.05) is 4.88 Å². The first-order valence-electron chi connectivity index (χ1n) is 4.41. The monoisotopic (exact) mass is 248 g/mol. The number of hydrogen-bond donors (Lipinski definition) is 1. The second-order valence-electron chi connectivity index (χ2n) is 4.00. The number of anilines is 1. The number of rotatable bonds is 1. The Hall–Kier alpha value is -0.810. The van der Waals surface area contributed by atoms with Gasteiger partial charge in [-0.05, 0) is 27.7 Å². The third kappa shape index (κ3) is 4.05. The molecule has 0 aliphatic rings. The van der Waals surface area contributed by atoms with Crippen molar-refractivity contribution in [2.45, 2.75) is 33.3 Å². The van der Waals surface area contributed by atoms with E-state index in [4.69, 9.17) is 16.3 Å². The van der Waals surface area contributed by atoms with E-state index in [1.54, 1.807) is 20.8 Å². The second-order valence-corrected chi connectivity index (χ2v) is 5.78. The van der Waals surface area contributed by atoms with E-state index in [1.165, 1.54) is 11.3 Å². The van der Waals surface area contributed by atoms with Crippen LogP contribution in [0, 0.1) is 6.92 Å². The number of thiazole rings is 1. The molecule has 15 heavy (non-hydrogen) atoms. The summed E-state index contributed by atoms with van der Waals surface area (Å²) in [6.07, 6.45) is -0.521. The van der Waals surface area contributed by atoms with E-state index in [2.05, 4.69) is 10.3 Å². The highest BCUT2D eigenvalue weighted by Gasteiger charge is 2.18. The van der Waals surface area contributed by atoms with Gasteiger partial charge in [-0.25, -0.2) is 9.78 Å². The predicted octanol–water partition coefficient (Wildman–Crippen LogP) is 3.45. The molecule has 0 atom stereocenters. The first-order valence-corrected chi connectivity index (χ1v) is 5.60. The van der Waals surface area contributed by atoms with E-state index in [0.717, 1.165) is 4.88 Å². The molecule has 0 radical (unpaired) electrons. The van der Waals surface area contributed by atoms with E-state index in [1.807, 2.05) is 6.92 Å². The van der Waals surface area contributed by atoms with Gasteiger partial charge in [-0.1, -0.05) is 11.6 Å². The topological polar surface area (TPSA) is 51.2 Å². The lowest BCUT2D eigenvalue weighted by Crippen LogP contribution is -2.27. The summed E-state index contributed by atoms with van der Waals surface area (Å²) in [5.41, 5.74) is -0.516. The summed E-state index contributed by atoms with van der Waals surface area (Å²) in [7, 11) is 0. The number of ether oxygens (including phenoxy) is 1. The van der Waals surface area contributed by atoms with Crippen molar-refractivity contribution in [2.75, 3.05) is 5.32 Å². The number of carbonyl (C=O) groups is 1. The number of amides is 1. The molecule has 6 heteroatoms. The standard InChI is InChI=1S/C9H13ClN2O2S/c1-5-6(11-7(10)15-5)12-8(13)14-9(2,3)4/h1-4H3,(H,12,13). The van der Waals surface area contributed by atoms with E-state index >= 15 is 0 Å². The molecule has 0 aliphatic carbocycles. The number of halogens is 1. The molecule has 0 spiro atoms. The zero-order valence-corrected chi connectivity index (χ0v) is 10.6. The van der Waals surface area contributed by atoms with Crippen LogP contribution in [0.5, 0.6) is 0 Å². The SMILES string of the molecule is Cc1sc(Cl)nc1NC(=O)OC(C)(C)C. The number of nitrogens with zero attached hydrogens (tertiary/aromatic N) is 1. The fourth-order valence-corrected chi connectivity index (χ4v) is 1.89. The summed E-state index contributed by atoms with van der Waals surface area (Å²) in [6, 6.07) is 0. The van der Waals surface area contributed by atoms with E-state index in [0.29, 0.717) is 10.3 Å². The summed E-state index contributed by atoms with van der Waals surface area (Å²) in [5, 5.41) is 2.54. The lowest BCUT2D eigenvalue weighted by molar-refractivity contribution is 0.0635. The summed E-state index contributed by atoms with van der Waals surface area (Å²) >= 11 is 7.01. The van der Waals surface area contributed by atoms with E-state index < -0.39 is 11.7 Å². The lowest BCUT2D eigenvalue weighted by atomic mass is 10.2. The van der Waals surface area contributed by atoms with Gasteiger partial charge >= 0.3 is 6.09 Å². The maximum atomic E-state index is 11.4. The highest BCUT2D eigenvalue weighted by Crippen LogP contribution is 2.25. The van der Waals surface area contributed by atoms with Crippen LogP contribution in [-0.2, 0) is 4.74 Å². The van der Waals surface area contributed by atoms with Crippen LogP contribution in [0.25, 0.3) is 0 Å². The van der Waals surface area contributed by atoms with Crippen LogP contribution >= 0.6 is 22.9 Å². The molecule has 1 amide bonds. The van der Waals surface area contributed by atoms with Crippen LogP contribution in [0.3, 0.4) is 0 Å². The van der Waals surface area contributed by atoms with E-state index in [9.17, 15) is 4.79 Å². The Bertz CT molecular complexity index is 371. The third-order valence-corrected chi connectivity index (χ3v) is 2.47. The summed E-state index contributed by atoms with van der Waals surface area (Å²) in [6.45, 7) is 7.23. The van der Waals surface area contributed by atoms with Gasteiger partial charge in [-0.2, -0.15) is 0 Å². The Labute approximate surface area is 97.6 Å². The van der Waals surface area contributed by atoms with Crippen molar-refractivity contribution in [2.24, 2.45) is 0 Å². The first kappa shape index (κ1) is 12.3. The molecule has 1 aromatic heterocycles. The van der Waals surface area contributed by atoms with Gasteiger partial charge in [-0.15, -0.1) is 11.3 Å². The molecule has 0 saturated carbocycles. The van der Waals surface area contributed by atoms with Gasteiger partial charge in [0.05, 0.1) is 0 Å². The normalized spacial score (nSPS) is 11.3. The van der Waals surface area contributed by atoms with Crippen LogP contribution in [0.15, 0.2) is 0 Å². The third-order valence-electron chi connectivity index (χ3n) is 1.39. The Balaban J connectivity index is 2.63. The molecule has 0 saturated heterocycles. The Morgan fingerprint density at radius 2 is 2.13 bits per heavy atom. The van der Waals surface area contributed by atoms with Crippen molar-refractivity contribution in [1.82, 2.24) is 4.98 Å². The predicted molar refractivity (Wildman–Crippen MR) is 61.7 cm³/mol. The van der Waals surface area contributed by atoms with Crippen molar-refractivity contribution in [3.05, 3.63) is 9.34 Å². The van der Waals surface area contributed by atoms with Crippen LogP contribution < -0.4 is 5.32 Å². The number of nitrogens with one attached hydrogen (secondary N) is 1. The van der Waals surface area contributed by atoms with Gasteiger partial charge in [0.15, 0.2) is 10.3 Å². The molecule has 4 nitrogen and oxygen atoms in total. The van der Waals surface area contributed by atoms with Crippen LogP contribution in [0.2, 0.25) is 4.47 Å². The quantitative estimate of drug-likeness (QED) is 0.828. The average molecular weight is 249 g/mol. The number of aryl methyl sites for hydroxylation is 1. The van der Waals surface area contributed by atoms with Gasteiger partial charge in [0.1, 0.15) is 5.60 Å². The maximum Gasteiger partial charge on any atom is 0.413 e. The zero-order valence-electron chi connectivity index (χ0n) is 9.05. The number of carbonyl (C=O) groups excluding carboxylic acids is 1. The Morgan fingerprint density at radius 3 is 2.53 bits per heavy atom. The molecule has 0 fully saturated rings. The molecule has 1 rings (SSSR count). The average Bonchev–Trinajstić information content (AvgIpc) is 2.25. The second kappa shape index (κ2) is 4.37. The van der Waals surface area contributed by atoms with Crippen LogP contribution in [0.1, 0.15) is 25.6 Å². The molecule has 1 aromatic rings. The highest BCUT2D eigenvalue weighted by molar-refractivity contribution is 7.16. The largest absolute Gasteiger partial charge is 0.444 e. The summed E-state index contributed by atoms with van der Waals surface area (Å²) < 4.78 is 5.48. The van der Waals surface area contributed by atoms with Crippen molar-refractivity contribution >= 4 is 34.8 Å². The molecule has 0 bridgehead atoms.